The summed E-state index contributed by atoms with van der Waals surface area (Å²) in [6.07, 6.45) is 3.92. The van der Waals surface area contributed by atoms with Gasteiger partial charge >= 0.3 is 5.97 Å². The van der Waals surface area contributed by atoms with Crippen LogP contribution >= 0.6 is 0 Å². The molecule has 1 aromatic rings. The van der Waals surface area contributed by atoms with Crippen LogP contribution < -0.4 is 0 Å². The lowest BCUT2D eigenvalue weighted by molar-refractivity contribution is -0.144. The first-order valence-corrected chi connectivity index (χ1v) is 7.06. The molecule has 0 aliphatic heterocycles. The third-order valence-electron chi connectivity index (χ3n) is 3.48. The van der Waals surface area contributed by atoms with Gasteiger partial charge in [-0.15, -0.1) is 0 Å². The molecule has 1 atom stereocenters. The highest BCUT2D eigenvalue weighted by Gasteiger charge is 2.15. The van der Waals surface area contributed by atoms with Crippen LogP contribution in [0.1, 0.15) is 32.3 Å². The highest BCUT2D eigenvalue weighted by molar-refractivity contribution is 5.70. The maximum Gasteiger partial charge on any atom is 0.306 e. The molecule has 0 fully saturated rings. The fraction of sp³-hybridized carbons (Fsp3) is 0.412. The summed E-state index contributed by atoms with van der Waals surface area (Å²) < 4.78 is 5.20. The highest BCUT2D eigenvalue weighted by atomic mass is 16.5. The standard InChI is InChI=1S/C17H22O4/c1-3-13(2)15(8-10-18)12-17(20)21-11-9-14-4-6-16(19)7-5-14/h3-7,10,15,19H,8-9,11-12H2,1-2H3/b13-3+/t15-/m0/s1. The molecule has 114 valence electrons. The zero-order valence-electron chi connectivity index (χ0n) is 12.5. The number of carbonyl (C=O) groups is 2. The Hall–Kier alpha value is -2.10. The van der Waals surface area contributed by atoms with Crippen LogP contribution in [0, 0.1) is 5.92 Å². The molecule has 0 radical (unpaired) electrons. The number of ether oxygens (including phenoxy) is 1. The fourth-order valence-electron chi connectivity index (χ4n) is 1.99. The van der Waals surface area contributed by atoms with E-state index in [1.807, 2.05) is 19.9 Å². The Balaban J connectivity index is 2.39. The molecule has 1 aromatic carbocycles. The molecule has 0 aromatic heterocycles. The average molecular weight is 290 g/mol. The normalized spacial score (nSPS) is 12.8. The molecular formula is C17H22O4. The Kier molecular flexibility index (Phi) is 7.23. The zero-order chi connectivity index (χ0) is 15.7. The summed E-state index contributed by atoms with van der Waals surface area (Å²) in [4.78, 5) is 22.4. The Morgan fingerprint density at radius 3 is 2.57 bits per heavy atom. The first-order chi connectivity index (χ1) is 10.1. The van der Waals surface area contributed by atoms with Gasteiger partial charge in [0.05, 0.1) is 13.0 Å². The van der Waals surface area contributed by atoms with Gasteiger partial charge in [-0.25, -0.2) is 0 Å². The first-order valence-electron chi connectivity index (χ1n) is 7.06. The van der Waals surface area contributed by atoms with Crippen LogP contribution in [-0.2, 0) is 20.7 Å². The largest absolute Gasteiger partial charge is 0.508 e. The first kappa shape index (κ1) is 17.0. The molecule has 0 aliphatic carbocycles. The maximum atomic E-state index is 11.8. The lowest BCUT2D eigenvalue weighted by Gasteiger charge is -2.14. The van der Waals surface area contributed by atoms with Crippen molar-refractivity contribution in [3.63, 3.8) is 0 Å². The summed E-state index contributed by atoms with van der Waals surface area (Å²) in [5.74, 6) is -0.148. The van der Waals surface area contributed by atoms with E-state index in [1.54, 1.807) is 24.3 Å². The Bertz CT molecular complexity index is 488. The topological polar surface area (TPSA) is 63.6 Å². The van der Waals surface area contributed by atoms with Crippen molar-refractivity contribution >= 4 is 12.3 Å². The van der Waals surface area contributed by atoms with Crippen molar-refractivity contribution in [1.82, 2.24) is 0 Å². The van der Waals surface area contributed by atoms with Gasteiger partial charge in [-0.1, -0.05) is 23.8 Å². The second-order valence-corrected chi connectivity index (χ2v) is 4.97. The highest BCUT2D eigenvalue weighted by Crippen LogP contribution is 2.18. The van der Waals surface area contributed by atoms with Gasteiger partial charge in [0.25, 0.3) is 0 Å². The molecule has 0 spiro atoms. The number of hydrogen-bond acceptors (Lipinski definition) is 4. The Morgan fingerprint density at radius 1 is 1.33 bits per heavy atom. The van der Waals surface area contributed by atoms with Crippen molar-refractivity contribution < 1.29 is 19.4 Å². The van der Waals surface area contributed by atoms with E-state index >= 15 is 0 Å². The minimum Gasteiger partial charge on any atom is -0.508 e. The number of aromatic hydroxyl groups is 1. The van der Waals surface area contributed by atoms with Crippen molar-refractivity contribution in [2.45, 2.75) is 33.1 Å². The van der Waals surface area contributed by atoms with Gasteiger partial charge in [0.1, 0.15) is 12.0 Å². The van der Waals surface area contributed by atoms with Crippen molar-refractivity contribution in [3.05, 3.63) is 41.5 Å². The summed E-state index contributed by atoms with van der Waals surface area (Å²) in [6, 6.07) is 6.80. The summed E-state index contributed by atoms with van der Waals surface area (Å²) in [5.41, 5.74) is 2.02. The van der Waals surface area contributed by atoms with Gasteiger partial charge in [-0.2, -0.15) is 0 Å². The molecule has 4 heteroatoms. The van der Waals surface area contributed by atoms with Crippen LogP contribution in [0.3, 0.4) is 0 Å². The number of carbonyl (C=O) groups excluding carboxylic acids is 2. The van der Waals surface area contributed by atoms with Crippen LogP contribution in [-0.4, -0.2) is 24.0 Å². The van der Waals surface area contributed by atoms with Crippen molar-refractivity contribution in [1.29, 1.82) is 0 Å². The molecule has 0 saturated heterocycles. The fourth-order valence-corrected chi connectivity index (χ4v) is 1.99. The lowest BCUT2D eigenvalue weighted by Crippen LogP contribution is -2.14. The number of hydrogen-bond donors (Lipinski definition) is 1. The zero-order valence-corrected chi connectivity index (χ0v) is 12.5. The Labute approximate surface area is 125 Å². The Morgan fingerprint density at radius 2 is 2.00 bits per heavy atom. The minimum absolute atomic E-state index is 0.0753. The predicted molar refractivity (Wildman–Crippen MR) is 81.0 cm³/mol. The summed E-state index contributed by atoms with van der Waals surface area (Å²) in [7, 11) is 0. The smallest absolute Gasteiger partial charge is 0.306 e. The van der Waals surface area contributed by atoms with Crippen LogP contribution in [0.25, 0.3) is 0 Å². The lowest BCUT2D eigenvalue weighted by atomic mass is 9.94. The molecule has 1 N–H and O–H groups in total. The molecular weight excluding hydrogens is 268 g/mol. The average Bonchev–Trinajstić information content (AvgIpc) is 2.48. The number of aldehydes is 1. The van der Waals surface area contributed by atoms with Gasteiger partial charge in [0, 0.05) is 12.8 Å². The van der Waals surface area contributed by atoms with E-state index in [4.69, 9.17) is 4.74 Å². The molecule has 0 bridgehead atoms. The summed E-state index contributed by atoms with van der Waals surface area (Å²) in [5, 5.41) is 9.18. The molecule has 0 saturated carbocycles. The monoisotopic (exact) mass is 290 g/mol. The van der Waals surface area contributed by atoms with Crippen molar-refractivity contribution in [2.75, 3.05) is 6.61 Å². The van der Waals surface area contributed by atoms with Crippen LogP contribution in [0.2, 0.25) is 0 Å². The van der Waals surface area contributed by atoms with E-state index in [-0.39, 0.29) is 24.1 Å². The third kappa shape index (κ3) is 6.25. The molecule has 4 nitrogen and oxygen atoms in total. The van der Waals surface area contributed by atoms with E-state index in [0.717, 1.165) is 17.4 Å². The minimum atomic E-state index is -0.290. The number of esters is 1. The second-order valence-electron chi connectivity index (χ2n) is 4.97. The summed E-state index contributed by atoms with van der Waals surface area (Å²) in [6.45, 7) is 4.10. The third-order valence-corrected chi connectivity index (χ3v) is 3.48. The van der Waals surface area contributed by atoms with E-state index < -0.39 is 0 Å². The maximum absolute atomic E-state index is 11.8. The van der Waals surface area contributed by atoms with E-state index in [1.165, 1.54) is 0 Å². The quantitative estimate of drug-likeness (QED) is 0.454. The van der Waals surface area contributed by atoms with Gasteiger partial charge < -0.3 is 14.6 Å². The number of benzene rings is 1. The van der Waals surface area contributed by atoms with E-state index in [2.05, 4.69) is 0 Å². The molecule has 0 heterocycles. The summed E-state index contributed by atoms with van der Waals surface area (Å²) >= 11 is 0. The number of phenolic OH excluding ortho intramolecular Hbond substituents is 1. The van der Waals surface area contributed by atoms with Crippen LogP contribution in [0.5, 0.6) is 5.75 Å². The van der Waals surface area contributed by atoms with Crippen LogP contribution in [0.15, 0.2) is 35.9 Å². The predicted octanol–water partition coefficient (Wildman–Crippen LogP) is 3.04. The molecule has 0 aliphatic rings. The van der Waals surface area contributed by atoms with E-state index in [9.17, 15) is 14.7 Å². The van der Waals surface area contributed by atoms with Crippen molar-refractivity contribution in [2.24, 2.45) is 5.92 Å². The number of allylic oxidation sites excluding steroid dienone is 2. The van der Waals surface area contributed by atoms with Gasteiger partial charge in [0.15, 0.2) is 0 Å². The van der Waals surface area contributed by atoms with Gasteiger partial charge in [-0.3, -0.25) is 4.79 Å². The van der Waals surface area contributed by atoms with Crippen molar-refractivity contribution in [3.8, 4) is 5.75 Å². The van der Waals surface area contributed by atoms with Gasteiger partial charge in [0.2, 0.25) is 0 Å². The molecule has 1 rings (SSSR count). The molecule has 0 unspecified atom stereocenters. The van der Waals surface area contributed by atoms with E-state index in [0.29, 0.717) is 19.4 Å². The number of phenols is 1. The SMILES string of the molecule is C/C=C(\C)[C@@H](CC=O)CC(=O)OCCc1ccc(O)cc1. The van der Waals surface area contributed by atoms with Gasteiger partial charge in [-0.05, 0) is 37.5 Å². The molecule has 0 amide bonds. The molecule has 21 heavy (non-hydrogen) atoms. The number of rotatable bonds is 8. The second kappa shape index (κ2) is 8.95. The van der Waals surface area contributed by atoms with Crippen LogP contribution in [0.4, 0.5) is 0 Å².